The molecule has 2 aromatic rings. The summed E-state index contributed by atoms with van der Waals surface area (Å²) >= 11 is 0. The van der Waals surface area contributed by atoms with Crippen LogP contribution in [0, 0.1) is 5.92 Å². The minimum atomic E-state index is -0.0169. The number of hydrogen-bond donors (Lipinski definition) is 1. The molecule has 1 saturated heterocycles. The highest BCUT2D eigenvalue weighted by Crippen LogP contribution is 2.19. The standard InChI is InChI=1S/C19H24N4O/c1-14-7-6-10-23(13-14)19(24)17-11-21-18(12-20-17)22-15(2)16-8-4-3-5-9-16/h3-5,8-9,11-12,14-15H,6-7,10,13H2,1-2H3,(H,21,22). The Labute approximate surface area is 143 Å². The van der Waals surface area contributed by atoms with E-state index in [0.29, 0.717) is 17.4 Å². The molecule has 1 aliphatic heterocycles. The number of aromatic nitrogens is 2. The van der Waals surface area contributed by atoms with Crippen molar-refractivity contribution in [3.63, 3.8) is 0 Å². The lowest BCUT2D eigenvalue weighted by Gasteiger charge is -2.30. The largest absolute Gasteiger partial charge is 0.362 e. The lowest BCUT2D eigenvalue weighted by atomic mass is 10.0. The van der Waals surface area contributed by atoms with Crippen molar-refractivity contribution in [2.75, 3.05) is 18.4 Å². The maximum Gasteiger partial charge on any atom is 0.274 e. The second-order valence-electron chi connectivity index (χ2n) is 6.56. The zero-order valence-corrected chi connectivity index (χ0v) is 14.3. The second-order valence-corrected chi connectivity index (χ2v) is 6.56. The van der Waals surface area contributed by atoms with Gasteiger partial charge in [-0.1, -0.05) is 37.3 Å². The van der Waals surface area contributed by atoms with Crippen LogP contribution >= 0.6 is 0 Å². The first-order valence-electron chi connectivity index (χ1n) is 8.56. The molecule has 1 aliphatic rings. The molecule has 0 aliphatic carbocycles. The fourth-order valence-corrected chi connectivity index (χ4v) is 3.10. The summed E-state index contributed by atoms with van der Waals surface area (Å²) in [6.07, 6.45) is 5.46. The normalized spacial score (nSPS) is 18.9. The summed E-state index contributed by atoms with van der Waals surface area (Å²) in [5.74, 6) is 1.22. The Kier molecular flexibility index (Phi) is 5.08. The zero-order chi connectivity index (χ0) is 16.9. The SMILES string of the molecule is CC1CCCN(C(=O)c2cnc(NC(C)c3ccccc3)cn2)C1. The molecule has 1 fully saturated rings. The molecular weight excluding hydrogens is 300 g/mol. The van der Waals surface area contributed by atoms with Gasteiger partial charge in [-0.25, -0.2) is 9.97 Å². The number of rotatable bonds is 4. The molecule has 2 atom stereocenters. The number of carbonyl (C=O) groups excluding carboxylic acids is 1. The van der Waals surface area contributed by atoms with Gasteiger partial charge in [-0.2, -0.15) is 0 Å². The average Bonchev–Trinajstić information content (AvgIpc) is 2.62. The third kappa shape index (κ3) is 3.91. The molecule has 24 heavy (non-hydrogen) atoms. The van der Waals surface area contributed by atoms with E-state index in [1.165, 1.54) is 12.0 Å². The minimum Gasteiger partial charge on any atom is -0.362 e. The summed E-state index contributed by atoms with van der Waals surface area (Å²) < 4.78 is 0. The van der Waals surface area contributed by atoms with Gasteiger partial charge in [0.2, 0.25) is 0 Å². The zero-order valence-electron chi connectivity index (χ0n) is 14.3. The van der Waals surface area contributed by atoms with Crippen LogP contribution in [0.5, 0.6) is 0 Å². The fourth-order valence-electron chi connectivity index (χ4n) is 3.10. The average molecular weight is 324 g/mol. The van der Waals surface area contributed by atoms with Crippen molar-refractivity contribution in [1.29, 1.82) is 0 Å². The van der Waals surface area contributed by atoms with Crippen LogP contribution in [0.4, 0.5) is 5.82 Å². The van der Waals surface area contributed by atoms with Gasteiger partial charge in [0.15, 0.2) is 0 Å². The highest BCUT2D eigenvalue weighted by Gasteiger charge is 2.23. The number of hydrogen-bond acceptors (Lipinski definition) is 4. The molecule has 5 nitrogen and oxygen atoms in total. The predicted octanol–water partition coefficient (Wildman–Crippen LogP) is 3.52. The van der Waals surface area contributed by atoms with E-state index in [9.17, 15) is 4.79 Å². The van der Waals surface area contributed by atoms with Gasteiger partial charge in [0.1, 0.15) is 11.5 Å². The van der Waals surface area contributed by atoms with E-state index in [-0.39, 0.29) is 11.9 Å². The molecule has 1 amide bonds. The fraction of sp³-hybridized carbons (Fsp3) is 0.421. The topological polar surface area (TPSA) is 58.1 Å². The molecule has 5 heteroatoms. The summed E-state index contributed by atoms with van der Waals surface area (Å²) in [7, 11) is 0. The molecule has 126 valence electrons. The van der Waals surface area contributed by atoms with Crippen molar-refractivity contribution < 1.29 is 4.79 Å². The first-order valence-corrected chi connectivity index (χ1v) is 8.56. The van der Waals surface area contributed by atoms with Gasteiger partial charge >= 0.3 is 0 Å². The lowest BCUT2D eigenvalue weighted by Crippen LogP contribution is -2.39. The van der Waals surface area contributed by atoms with E-state index in [1.807, 2.05) is 23.1 Å². The van der Waals surface area contributed by atoms with Crippen LogP contribution < -0.4 is 5.32 Å². The lowest BCUT2D eigenvalue weighted by molar-refractivity contribution is 0.0676. The molecule has 0 bridgehead atoms. The van der Waals surface area contributed by atoms with Gasteiger partial charge in [0, 0.05) is 19.1 Å². The number of nitrogens with zero attached hydrogens (tertiary/aromatic N) is 3. The Hall–Kier alpha value is -2.43. The molecule has 1 N–H and O–H groups in total. The number of piperidine rings is 1. The number of likely N-dealkylation sites (tertiary alicyclic amines) is 1. The number of benzene rings is 1. The molecule has 1 aromatic heterocycles. The smallest absolute Gasteiger partial charge is 0.274 e. The van der Waals surface area contributed by atoms with Gasteiger partial charge in [0.25, 0.3) is 5.91 Å². The molecule has 0 radical (unpaired) electrons. The van der Waals surface area contributed by atoms with Gasteiger partial charge in [0.05, 0.1) is 12.4 Å². The first kappa shape index (κ1) is 16.4. The van der Waals surface area contributed by atoms with Gasteiger partial charge in [-0.05, 0) is 31.2 Å². The van der Waals surface area contributed by atoms with Crippen LogP contribution in [0.1, 0.15) is 48.8 Å². The van der Waals surface area contributed by atoms with Gasteiger partial charge in [-0.15, -0.1) is 0 Å². The highest BCUT2D eigenvalue weighted by atomic mass is 16.2. The maximum atomic E-state index is 12.5. The van der Waals surface area contributed by atoms with Crippen LogP contribution in [0.3, 0.4) is 0 Å². The Bertz CT molecular complexity index is 672. The summed E-state index contributed by atoms with van der Waals surface area (Å²) in [4.78, 5) is 23.1. The van der Waals surface area contributed by atoms with Crippen LogP contribution in [-0.4, -0.2) is 33.9 Å². The first-order chi connectivity index (χ1) is 11.6. The molecular formula is C19H24N4O. The Balaban J connectivity index is 1.64. The second kappa shape index (κ2) is 7.43. The van der Waals surface area contributed by atoms with Gasteiger partial charge < -0.3 is 10.2 Å². The van der Waals surface area contributed by atoms with E-state index in [4.69, 9.17) is 0 Å². The monoisotopic (exact) mass is 324 g/mol. The summed E-state index contributed by atoms with van der Waals surface area (Å²) in [6, 6.07) is 10.3. The van der Waals surface area contributed by atoms with Crippen molar-refractivity contribution >= 4 is 11.7 Å². The summed E-state index contributed by atoms with van der Waals surface area (Å²) in [6.45, 7) is 5.88. The molecule has 3 rings (SSSR count). The quantitative estimate of drug-likeness (QED) is 0.935. The van der Waals surface area contributed by atoms with Crippen molar-refractivity contribution in [2.24, 2.45) is 5.92 Å². The minimum absolute atomic E-state index is 0.0169. The Morgan fingerprint density at radius 2 is 2.04 bits per heavy atom. The van der Waals surface area contributed by atoms with E-state index in [0.717, 1.165) is 19.5 Å². The molecule has 0 spiro atoms. The molecule has 1 aromatic carbocycles. The maximum absolute atomic E-state index is 12.5. The van der Waals surface area contributed by atoms with Crippen molar-refractivity contribution in [2.45, 2.75) is 32.7 Å². The Morgan fingerprint density at radius 3 is 2.71 bits per heavy atom. The van der Waals surface area contributed by atoms with Crippen molar-refractivity contribution in [3.8, 4) is 0 Å². The number of amides is 1. The van der Waals surface area contributed by atoms with Crippen LogP contribution in [0.15, 0.2) is 42.7 Å². The molecule has 2 unspecified atom stereocenters. The third-order valence-corrected chi connectivity index (χ3v) is 4.48. The van der Waals surface area contributed by atoms with Crippen molar-refractivity contribution in [3.05, 3.63) is 54.0 Å². The summed E-state index contributed by atoms with van der Waals surface area (Å²) in [5.41, 5.74) is 1.60. The van der Waals surface area contributed by atoms with E-state index < -0.39 is 0 Å². The molecule has 2 heterocycles. The Morgan fingerprint density at radius 1 is 1.25 bits per heavy atom. The van der Waals surface area contributed by atoms with Crippen LogP contribution in [0.2, 0.25) is 0 Å². The predicted molar refractivity (Wildman–Crippen MR) is 94.8 cm³/mol. The third-order valence-electron chi connectivity index (χ3n) is 4.48. The van der Waals surface area contributed by atoms with Crippen LogP contribution in [0.25, 0.3) is 0 Å². The van der Waals surface area contributed by atoms with Gasteiger partial charge in [-0.3, -0.25) is 4.79 Å². The van der Waals surface area contributed by atoms with Crippen molar-refractivity contribution in [1.82, 2.24) is 14.9 Å². The number of carbonyl (C=O) groups is 1. The highest BCUT2D eigenvalue weighted by molar-refractivity contribution is 5.92. The van der Waals surface area contributed by atoms with E-state index >= 15 is 0 Å². The summed E-state index contributed by atoms with van der Waals surface area (Å²) in [5, 5.41) is 3.31. The molecule has 0 saturated carbocycles. The van der Waals surface area contributed by atoms with E-state index in [1.54, 1.807) is 12.4 Å². The van der Waals surface area contributed by atoms with Crippen LogP contribution in [-0.2, 0) is 0 Å². The number of nitrogens with one attached hydrogen (secondary N) is 1. The number of anilines is 1. The van der Waals surface area contributed by atoms with E-state index in [2.05, 4.69) is 41.3 Å².